The van der Waals surface area contributed by atoms with Crippen molar-refractivity contribution in [3.05, 3.63) is 54.7 Å². The molecule has 1 aromatic heterocycles. The second kappa shape index (κ2) is 6.43. The molecule has 0 aliphatic rings. The lowest BCUT2D eigenvalue weighted by Crippen LogP contribution is -2.23. The molecule has 0 saturated carbocycles. The molecule has 8 heteroatoms. The standard InChI is InChI=1S/C13H9Cl2NO4S/c1-7(13(17)11-4-5-12(15)21-11)20-10-6-8(14)2-3-9(10)16(18)19/h2-7H,1H3. The van der Waals surface area contributed by atoms with Crippen LogP contribution in [-0.2, 0) is 0 Å². The molecule has 0 N–H and O–H groups in total. The minimum absolute atomic E-state index is 0.0454. The summed E-state index contributed by atoms with van der Waals surface area (Å²) in [7, 11) is 0. The summed E-state index contributed by atoms with van der Waals surface area (Å²) in [6, 6.07) is 7.12. The highest BCUT2D eigenvalue weighted by molar-refractivity contribution is 7.18. The van der Waals surface area contributed by atoms with Gasteiger partial charge >= 0.3 is 5.69 Å². The van der Waals surface area contributed by atoms with Gasteiger partial charge in [0.25, 0.3) is 0 Å². The van der Waals surface area contributed by atoms with E-state index < -0.39 is 11.0 Å². The lowest BCUT2D eigenvalue weighted by atomic mass is 10.2. The van der Waals surface area contributed by atoms with Crippen LogP contribution in [0.15, 0.2) is 30.3 Å². The zero-order valence-electron chi connectivity index (χ0n) is 10.7. The van der Waals surface area contributed by atoms with Crippen LogP contribution in [0.2, 0.25) is 9.36 Å². The number of thiophene rings is 1. The van der Waals surface area contributed by atoms with E-state index in [0.29, 0.717) is 9.21 Å². The van der Waals surface area contributed by atoms with Gasteiger partial charge in [-0.2, -0.15) is 0 Å². The maximum absolute atomic E-state index is 12.2. The van der Waals surface area contributed by atoms with Gasteiger partial charge in [-0.15, -0.1) is 11.3 Å². The van der Waals surface area contributed by atoms with E-state index >= 15 is 0 Å². The number of benzene rings is 1. The van der Waals surface area contributed by atoms with Crippen molar-refractivity contribution in [3.8, 4) is 5.75 Å². The van der Waals surface area contributed by atoms with Gasteiger partial charge in [0.15, 0.2) is 11.9 Å². The Kier molecular flexibility index (Phi) is 4.82. The van der Waals surface area contributed by atoms with E-state index in [1.54, 1.807) is 12.1 Å². The molecule has 1 aromatic carbocycles. The Morgan fingerprint density at radius 1 is 1.33 bits per heavy atom. The number of hydrogen-bond donors (Lipinski definition) is 0. The number of ether oxygens (including phenoxy) is 1. The summed E-state index contributed by atoms with van der Waals surface area (Å²) in [4.78, 5) is 22.9. The van der Waals surface area contributed by atoms with E-state index in [1.807, 2.05) is 0 Å². The first kappa shape index (κ1) is 15.8. The molecule has 0 saturated heterocycles. The Labute approximate surface area is 134 Å². The molecule has 5 nitrogen and oxygen atoms in total. The van der Waals surface area contributed by atoms with Crippen LogP contribution in [0.3, 0.4) is 0 Å². The third-order valence-corrected chi connectivity index (χ3v) is 4.09. The van der Waals surface area contributed by atoms with E-state index in [-0.39, 0.29) is 22.2 Å². The van der Waals surface area contributed by atoms with Gasteiger partial charge in [-0.25, -0.2) is 0 Å². The van der Waals surface area contributed by atoms with Gasteiger partial charge in [0.1, 0.15) is 0 Å². The van der Waals surface area contributed by atoms with Crippen molar-refractivity contribution in [2.24, 2.45) is 0 Å². The monoisotopic (exact) mass is 345 g/mol. The lowest BCUT2D eigenvalue weighted by Gasteiger charge is -2.13. The SMILES string of the molecule is CC(Oc1cc(Cl)ccc1[N+](=O)[O-])C(=O)c1ccc(Cl)s1. The molecule has 21 heavy (non-hydrogen) atoms. The van der Waals surface area contributed by atoms with Crippen molar-refractivity contribution in [2.45, 2.75) is 13.0 Å². The molecule has 0 aliphatic heterocycles. The molecular weight excluding hydrogens is 337 g/mol. The third kappa shape index (κ3) is 3.72. The maximum atomic E-state index is 12.2. The number of halogens is 2. The fourth-order valence-electron chi connectivity index (χ4n) is 1.62. The summed E-state index contributed by atoms with van der Waals surface area (Å²) < 4.78 is 5.89. The van der Waals surface area contributed by atoms with Crippen molar-refractivity contribution < 1.29 is 14.5 Å². The number of nitrogens with zero attached hydrogens (tertiary/aromatic N) is 1. The van der Waals surface area contributed by atoms with E-state index in [1.165, 1.54) is 25.1 Å². The highest BCUT2D eigenvalue weighted by Crippen LogP contribution is 2.31. The van der Waals surface area contributed by atoms with E-state index in [2.05, 4.69) is 0 Å². The molecule has 1 atom stereocenters. The van der Waals surface area contributed by atoms with Gasteiger partial charge in [-0.3, -0.25) is 14.9 Å². The zero-order chi connectivity index (χ0) is 15.6. The van der Waals surface area contributed by atoms with Gasteiger partial charge in [-0.1, -0.05) is 23.2 Å². The Morgan fingerprint density at radius 3 is 2.62 bits per heavy atom. The molecule has 0 amide bonds. The summed E-state index contributed by atoms with van der Waals surface area (Å²) in [6.45, 7) is 1.51. The predicted octanol–water partition coefficient (Wildman–Crippen LogP) is 4.61. The average molecular weight is 346 g/mol. The van der Waals surface area contributed by atoms with Gasteiger partial charge < -0.3 is 4.74 Å². The second-order valence-corrected chi connectivity index (χ2v) is 6.25. The van der Waals surface area contributed by atoms with Crippen LogP contribution in [0, 0.1) is 10.1 Å². The first-order valence-corrected chi connectivity index (χ1v) is 7.36. The van der Waals surface area contributed by atoms with Crippen molar-refractivity contribution in [3.63, 3.8) is 0 Å². The summed E-state index contributed by atoms with van der Waals surface area (Å²) in [5, 5.41) is 11.2. The number of Topliss-reactive ketones (excluding diaryl/α,β-unsaturated/α-hetero) is 1. The van der Waals surface area contributed by atoms with Crippen LogP contribution in [0.4, 0.5) is 5.69 Å². The van der Waals surface area contributed by atoms with Gasteiger partial charge in [0, 0.05) is 17.2 Å². The second-order valence-electron chi connectivity index (χ2n) is 4.10. The number of hydrogen-bond acceptors (Lipinski definition) is 5. The fraction of sp³-hybridized carbons (Fsp3) is 0.154. The number of nitro benzene ring substituents is 1. The number of carbonyl (C=O) groups excluding carboxylic acids is 1. The molecule has 1 heterocycles. The first-order chi connectivity index (χ1) is 9.88. The average Bonchev–Trinajstić information content (AvgIpc) is 2.84. The number of nitro groups is 1. The molecule has 2 aromatic rings. The molecule has 0 spiro atoms. The van der Waals surface area contributed by atoms with Crippen LogP contribution in [0.1, 0.15) is 16.6 Å². The van der Waals surface area contributed by atoms with E-state index in [9.17, 15) is 14.9 Å². The van der Waals surface area contributed by atoms with Crippen LogP contribution < -0.4 is 4.74 Å². The smallest absolute Gasteiger partial charge is 0.311 e. The highest BCUT2D eigenvalue weighted by atomic mass is 35.5. The minimum Gasteiger partial charge on any atom is -0.475 e. The van der Waals surface area contributed by atoms with Crippen molar-refractivity contribution in [1.82, 2.24) is 0 Å². The normalized spacial score (nSPS) is 12.0. The summed E-state index contributed by atoms with van der Waals surface area (Å²) in [5.41, 5.74) is -0.247. The van der Waals surface area contributed by atoms with Crippen LogP contribution >= 0.6 is 34.5 Å². The van der Waals surface area contributed by atoms with Gasteiger partial charge in [0.05, 0.1) is 14.1 Å². The van der Waals surface area contributed by atoms with Crippen LogP contribution in [0.25, 0.3) is 0 Å². The number of ketones is 1. The summed E-state index contributed by atoms with van der Waals surface area (Å²) in [5.74, 6) is -0.350. The lowest BCUT2D eigenvalue weighted by molar-refractivity contribution is -0.386. The number of rotatable bonds is 5. The van der Waals surface area contributed by atoms with E-state index in [0.717, 1.165) is 11.3 Å². The van der Waals surface area contributed by atoms with Crippen LogP contribution in [-0.4, -0.2) is 16.8 Å². The van der Waals surface area contributed by atoms with Crippen molar-refractivity contribution in [2.75, 3.05) is 0 Å². The third-order valence-electron chi connectivity index (χ3n) is 2.61. The molecule has 1 unspecified atom stereocenters. The molecular formula is C13H9Cl2NO4S. The van der Waals surface area contributed by atoms with E-state index in [4.69, 9.17) is 27.9 Å². The Hall–Kier alpha value is -1.63. The maximum Gasteiger partial charge on any atom is 0.311 e. The Bertz CT molecular complexity index is 701. The Balaban J connectivity index is 2.23. The Morgan fingerprint density at radius 2 is 2.05 bits per heavy atom. The first-order valence-electron chi connectivity index (χ1n) is 5.78. The topological polar surface area (TPSA) is 69.4 Å². The van der Waals surface area contributed by atoms with Crippen molar-refractivity contribution >= 4 is 46.0 Å². The fourth-order valence-corrected chi connectivity index (χ4v) is 2.85. The molecule has 0 aliphatic carbocycles. The zero-order valence-corrected chi connectivity index (χ0v) is 13.0. The number of carbonyl (C=O) groups is 1. The summed E-state index contributed by atoms with van der Waals surface area (Å²) >= 11 is 12.7. The summed E-state index contributed by atoms with van der Waals surface area (Å²) in [6.07, 6.45) is -0.892. The highest BCUT2D eigenvalue weighted by Gasteiger charge is 2.23. The molecule has 110 valence electrons. The molecule has 0 radical (unpaired) electrons. The van der Waals surface area contributed by atoms with Crippen LogP contribution in [0.5, 0.6) is 5.75 Å². The largest absolute Gasteiger partial charge is 0.475 e. The molecule has 0 fully saturated rings. The predicted molar refractivity (Wildman–Crippen MR) is 81.9 cm³/mol. The quantitative estimate of drug-likeness (QED) is 0.450. The molecule has 2 rings (SSSR count). The van der Waals surface area contributed by atoms with Gasteiger partial charge in [-0.05, 0) is 25.1 Å². The minimum atomic E-state index is -0.892. The van der Waals surface area contributed by atoms with Gasteiger partial charge in [0.2, 0.25) is 5.78 Å². The molecule has 0 bridgehead atoms. The van der Waals surface area contributed by atoms with Crippen molar-refractivity contribution in [1.29, 1.82) is 0 Å².